The number of carbonyl (C=O) groups excluding carboxylic acids is 1. The lowest BCUT2D eigenvalue weighted by Gasteiger charge is -2.31. The van der Waals surface area contributed by atoms with Gasteiger partial charge in [0.2, 0.25) is 0 Å². The normalized spacial score (nSPS) is 13.4. The van der Waals surface area contributed by atoms with E-state index in [0.29, 0.717) is 12.1 Å². The molecule has 0 aliphatic heterocycles. The van der Waals surface area contributed by atoms with Crippen LogP contribution in [0.4, 0.5) is 0 Å². The van der Waals surface area contributed by atoms with Crippen LogP contribution in [0, 0.1) is 12.3 Å². The van der Waals surface area contributed by atoms with Crippen LogP contribution in [-0.2, 0) is 7.05 Å². The molecule has 0 aromatic carbocycles. The van der Waals surface area contributed by atoms with E-state index in [1.165, 1.54) is 0 Å². The average molecular weight is 252 g/mol. The molecule has 1 heterocycles. The second-order valence-electron chi connectivity index (χ2n) is 5.77. The maximum absolute atomic E-state index is 12.2. The molecule has 0 aliphatic carbocycles. The minimum atomic E-state index is -0.0750. The van der Waals surface area contributed by atoms with Crippen LogP contribution in [0.25, 0.3) is 0 Å². The van der Waals surface area contributed by atoms with Gasteiger partial charge >= 0.3 is 0 Å². The quantitative estimate of drug-likeness (QED) is 0.846. The Bertz CT molecular complexity index is 417. The van der Waals surface area contributed by atoms with Crippen LogP contribution in [0.2, 0.25) is 0 Å². The molecule has 0 fully saturated rings. The molecule has 102 valence electrons. The summed E-state index contributed by atoms with van der Waals surface area (Å²) in [6, 6.07) is 0.0645. The van der Waals surface area contributed by atoms with Crippen molar-refractivity contribution in [3.63, 3.8) is 0 Å². The molecule has 0 saturated carbocycles. The summed E-state index contributed by atoms with van der Waals surface area (Å²) in [5.74, 6) is -0.0750. The first-order valence-corrected chi connectivity index (χ1v) is 6.27. The highest BCUT2D eigenvalue weighted by Crippen LogP contribution is 2.22. The van der Waals surface area contributed by atoms with Crippen molar-refractivity contribution in [1.29, 1.82) is 0 Å². The van der Waals surface area contributed by atoms with Gasteiger partial charge in [-0.15, -0.1) is 0 Å². The summed E-state index contributed by atoms with van der Waals surface area (Å²) in [6.07, 6.45) is 2.52. The van der Waals surface area contributed by atoms with E-state index < -0.39 is 0 Å². The highest BCUT2D eigenvalue weighted by atomic mass is 16.1. The lowest BCUT2D eigenvalue weighted by Crippen LogP contribution is -2.45. The number of aryl methyl sites for hydroxylation is 2. The highest BCUT2D eigenvalue weighted by molar-refractivity contribution is 5.95. The van der Waals surface area contributed by atoms with Crippen molar-refractivity contribution in [1.82, 2.24) is 15.1 Å². The van der Waals surface area contributed by atoms with Crippen LogP contribution >= 0.6 is 0 Å². The highest BCUT2D eigenvalue weighted by Gasteiger charge is 2.26. The van der Waals surface area contributed by atoms with Gasteiger partial charge in [0.1, 0.15) is 0 Å². The Labute approximate surface area is 109 Å². The molecule has 0 saturated heterocycles. The molecule has 1 rings (SSSR count). The third-order valence-corrected chi connectivity index (χ3v) is 3.06. The summed E-state index contributed by atoms with van der Waals surface area (Å²) >= 11 is 0. The standard InChI is InChI=1S/C13H24N4O/c1-9-10(8-17(5)16-9)12(18)15-11(6-7-14)13(2,3)4/h8,11H,6-7,14H2,1-5H3,(H,15,18). The Kier molecular flexibility index (Phi) is 4.51. The predicted octanol–water partition coefficient (Wildman–Crippen LogP) is 1.22. The molecule has 5 nitrogen and oxygen atoms in total. The molecule has 3 N–H and O–H groups in total. The lowest BCUT2D eigenvalue weighted by molar-refractivity contribution is 0.0898. The predicted molar refractivity (Wildman–Crippen MR) is 72.3 cm³/mol. The van der Waals surface area contributed by atoms with Gasteiger partial charge in [-0.2, -0.15) is 5.10 Å². The maximum atomic E-state index is 12.2. The van der Waals surface area contributed by atoms with Gasteiger partial charge in [0, 0.05) is 19.3 Å². The van der Waals surface area contributed by atoms with Crippen molar-refractivity contribution in [2.45, 2.75) is 40.2 Å². The Hall–Kier alpha value is -1.36. The van der Waals surface area contributed by atoms with Crippen molar-refractivity contribution in [2.24, 2.45) is 18.2 Å². The fourth-order valence-electron chi connectivity index (χ4n) is 1.95. The minimum absolute atomic E-state index is 0.00879. The Morgan fingerprint density at radius 3 is 2.56 bits per heavy atom. The van der Waals surface area contributed by atoms with Gasteiger partial charge < -0.3 is 11.1 Å². The molecule has 1 atom stereocenters. The van der Waals surface area contributed by atoms with E-state index in [2.05, 4.69) is 31.2 Å². The molecule has 0 spiro atoms. The Balaban J connectivity index is 2.82. The van der Waals surface area contributed by atoms with E-state index in [9.17, 15) is 4.79 Å². The maximum Gasteiger partial charge on any atom is 0.254 e. The van der Waals surface area contributed by atoms with E-state index in [1.54, 1.807) is 10.9 Å². The average Bonchev–Trinajstić information content (AvgIpc) is 2.55. The van der Waals surface area contributed by atoms with Crippen LogP contribution in [0.3, 0.4) is 0 Å². The third-order valence-electron chi connectivity index (χ3n) is 3.06. The zero-order valence-corrected chi connectivity index (χ0v) is 11.9. The van der Waals surface area contributed by atoms with Crippen molar-refractivity contribution in [2.75, 3.05) is 6.54 Å². The Morgan fingerprint density at radius 2 is 2.17 bits per heavy atom. The zero-order valence-electron chi connectivity index (χ0n) is 11.9. The number of nitrogens with two attached hydrogens (primary N) is 1. The van der Waals surface area contributed by atoms with E-state index in [1.807, 2.05) is 14.0 Å². The molecule has 0 aliphatic rings. The number of hydrogen-bond donors (Lipinski definition) is 2. The molecular formula is C13H24N4O. The fourth-order valence-corrected chi connectivity index (χ4v) is 1.95. The second kappa shape index (κ2) is 5.52. The fraction of sp³-hybridized carbons (Fsp3) is 0.692. The van der Waals surface area contributed by atoms with E-state index >= 15 is 0 Å². The summed E-state index contributed by atoms with van der Waals surface area (Å²) < 4.78 is 1.65. The first-order valence-electron chi connectivity index (χ1n) is 6.27. The van der Waals surface area contributed by atoms with Gasteiger partial charge in [-0.25, -0.2) is 0 Å². The van der Waals surface area contributed by atoms with Gasteiger partial charge in [0.15, 0.2) is 0 Å². The van der Waals surface area contributed by atoms with Gasteiger partial charge in [-0.1, -0.05) is 20.8 Å². The van der Waals surface area contributed by atoms with Crippen molar-refractivity contribution < 1.29 is 4.79 Å². The number of aromatic nitrogens is 2. The van der Waals surface area contributed by atoms with Crippen molar-refractivity contribution in [3.8, 4) is 0 Å². The van der Waals surface area contributed by atoms with Crippen LogP contribution in [0.1, 0.15) is 43.2 Å². The van der Waals surface area contributed by atoms with Gasteiger partial charge in [-0.05, 0) is 25.3 Å². The topological polar surface area (TPSA) is 72.9 Å². The number of rotatable bonds is 4. The van der Waals surface area contributed by atoms with Crippen LogP contribution < -0.4 is 11.1 Å². The first-order chi connectivity index (χ1) is 8.25. The van der Waals surface area contributed by atoms with E-state index in [4.69, 9.17) is 5.73 Å². The summed E-state index contributed by atoms with van der Waals surface area (Å²) in [4.78, 5) is 12.2. The number of hydrogen-bond acceptors (Lipinski definition) is 3. The number of carbonyl (C=O) groups is 1. The zero-order chi connectivity index (χ0) is 13.9. The van der Waals surface area contributed by atoms with E-state index in [0.717, 1.165) is 12.1 Å². The molecule has 1 aromatic heterocycles. The van der Waals surface area contributed by atoms with Crippen LogP contribution in [0.15, 0.2) is 6.20 Å². The molecular weight excluding hydrogens is 228 g/mol. The van der Waals surface area contributed by atoms with E-state index in [-0.39, 0.29) is 17.4 Å². The first kappa shape index (κ1) is 14.7. The smallest absolute Gasteiger partial charge is 0.254 e. The molecule has 1 amide bonds. The summed E-state index contributed by atoms with van der Waals surface area (Å²) in [6.45, 7) is 8.70. The van der Waals surface area contributed by atoms with Crippen LogP contribution in [0.5, 0.6) is 0 Å². The largest absolute Gasteiger partial charge is 0.349 e. The van der Waals surface area contributed by atoms with Gasteiger partial charge in [0.05, 0.1) is 11.3 Å². The molecule has 0 radical (unpaired) electrons. The number of nitrogens with zero attached hydrogens (tertiary/aromatic N) is 2. The Morgan fingerprint density at radius 1 is 1.56 bits per heavy atom. The number of amides is 1. The minimum Gasteiger partial charge on any atom is -0.349 e. The molecule has 0 bridgehead atoms. The number of nitrogens with one attached hydrogen (secondary N) is 1. The third kappa shape index (κ3) is 3.57. The molecule has 5 heteroatoms. The van der Waals surface area contributed by atoms with Gasteiger partial charge in [0.25, 0.3) is 5.91 Å². The summed E-state index contributed by atoms with van der Waals surface area (Å²) in [5, 5.41) is 7.23. The van der Waals surface area contributed by atoms with Gasteiger partial charge in [-0.3, -0.25) is 9.48 Å². The van der Waals surface area contributed by atoms with Crippen molar-refractivity contribution >= 4 is 5.91 Å². The monoisotopic (exact) mass is 252 g/mol. The molecule has 1 unspecified atom stereocenters. The van der Waals surface area contributed by atoms with Crippen LogP contribution in [-0.4, -0.2) is 28.3 Å². The second-order valence-corrected chi connectivity index (χ2v) is 5.77. The summed E-state index contributed by atoms with van der Waals surface area (Å²) in [7, 11) is 1.81. The van der Waals surface area contributed by atoms with Crippen molar-refractivity contribution in [3.05, 3.63) is 17.5 Å². The summed E-state index contributed by atoms with van der Waals surface area (Å²) in [5.41, 5.74) is 6.97. The molecule has 1 aromatic rings. The SMILES string of the molecule is Cc1nn(C)cc1C(=O)NC(CCN)C(C)(C)C. The molecule has 18 heavy (non-hydrogen) atoms. The lowest BCUT2D eigenvalue weighted by atomic mass is 9.84.